The number of sulfonamides is 1. The molecule has 0 saturated heterocycles. The second-order valence-corrected chi connectivity index (χ2v) is 8.71. The summed E-state index contributed by atoms with van der Waals surface area (Å²) in [5, 5.41) is 7.10. The number of nitrogens with zero attached hydrogens (tertiary/aromatic N) is 4. The van der Waals surface area contributed by atoms with Crippen molar-refractivity contribution < 1.29 is 13.2 Å². The Bertz CT molecular complexity index is 907. The number of benzene rings is 1. The van der Waals surface area contributed by atoms with Crippen molar-refractivity contribution in [2.75, 3.05) is 7.05 Å². The molecule has 0 unspecified atom stereocenters. The van der Waals surface area contributed by atoms with E-state index in [-0.39, 0.29) is 22.9 Å². The standard InChI is InChI=1S/C17H23N5O3S/c1-12(2)21(3)26(24,25)15-6-4-5-13(9-15)17(23)20-14-7-8-16-18-11-19-22(16)10-14/h4-6,9,11-12,14H,7-8,10H2,1-3H3,(H,20,23)/t14-/m1/s1. The summed E-state index contributed by atoms with van der Waals surface area (Å²) in [7, 11) is -2.10. The highest BCUT2D eigenvalue weighted by atomic mass is 32.2. The van der Waals surface area contributed by atoms with E-state index in [0.717, 1.165) is 18.7 Å². The Morgan fingerprint density at radius 1 is 1.38 bits per heavy atom. The first-order valence-electron chi connectivity index (χ1n) is 8.54. The van der Waals surface area contributed by atoms with E-state index in [1.165, 1.54) is 29.8 Å². The van der Waals surface area contributed by atoms with Gasteiger partial charge in [0.15, 0.2) is 0 Å². The van der Waals surface area contributed by atoms with Gasteiger partial charge in [0.2, 0.25) is 10.0 Å². The van der Waals surface area contributed by atoms with Crippen LogP contribution in [0.1, 0.15) is 36.5 Å². The molecule has 2 aromatic rings. The molecule has 0 radical (unpaired) electrons. The van der Waals surface area contributed by atoms with Crippen molar-refractivity contribution >= 4 is 15.9 Å². The molecular weight excluding hydrogens is 354 g/mol. The Morgan fingerprint density at radius 3 is 2.88 bits per heavy atom. The fraction of sp³-hybridized carbons (Fsp3) is 0.471. The Balaban J connectivity index is 1.75. The minimum Gasteiger partial charge on any atom is -0.347 e. The zero-order valence-electron chi connectivity index (χ0n) is 15.1. The smallest absolute Gasteiger partial charge is 0.251 e. The van der Waals surface area contributed by atoms with Crippen LogP contribution in [0.5, 0.6) is 0 Å². The van der Waals surface area contributed by atoms with Crippen molar-refractivity contribution in [3.63, 3.8) is 0 Å². The molecule has 1 aliphatic rings. The number of nitrogens with one attached hydrogen (secondary N) is 1. The Labute approximate surface area is 153 Å². The molecule has 0 aliphatic carbocycles. The number of carbonyl (C=O) groups excluding carboxylic acids is 1. The van der Waals surface area contributed by atoms with Gasteiger partial charge in [0.05, 0.1) is 11.4 Å². The minimum absolute atomic E-state index is 0.0599. The second-order valence-electron chi connectivity index (χ2n) is 6.71. The van der Waals surface area contributed by atoms with Gasteiger partial charge in [0.25, 0.3) is 5.91 Å². The van der Waals surface area contributed by atoms with Crippen molar-refractivity contribution in [1.82, 2.24) is 24.4 Å². The van der Waals surface area contributed by atoms with Gasteiger partial charge >= 0.3 is 0 Å². The third-order valence-electron chi connectivity index (χ3n) is 4.64. The average Bonchev–Trinajstić information content (AvgIpc) is 3.08. The summed E-state index contributed by atoms with van der Waals surface area (Å²) in [6.45, 7) is 4.17. The largest absolute Gasteiger partial charge is 0.347 e. The lowest BCUT2D eigenvalue weighted by Gasteiger charge is -2.24. The first-order chi connectivity index (χ1) is 12.3. The Kier molecular flexibility index (Phi) is 5.10. The summed E-state index contributed by atoms with van der Waals surface area (Å²) in [6, 6.07) is 5.91. The number of aromatic nitrogens is 3. The van der Waals surface area contributed by atoms with Crippen molar-refractivity contribution in [1.29, 1.82) is 0 Å². The van der Waals surface area contributed by atoms with Crippen LogP contribution in [0, 0.1) is 0 Å². The highest BCUT2D eigenvalue weighted by Crippen LogP contribution is 2.18. The van der Waals surface area contributed by atoms with Gasteiger partial charge in [0.1, 0.15) is 12.2 Å². The molecule has 0 fully saturated rings. The van der Waals surface area contributed by atoms with Crippen LogP contribution < -0.4 is 5.32 Å². The molecule has 1 atom stereocenters. The van der Waals surface area contributed by atoms with Gasteiger partial charge in [0, 0.05) is 31.1 Å². The lowest BCUT2D eigenvalue weighted by molar-refractivity contribution is 0.0926. The Hall–Kier alpha value is -2.26. The summed E-state index contributed by atoms with van der Waals surface area (Å²) in [4.78, 5) is 16.9. The van der Waals surface area contributed by atoms with Gasteiger partial charge in [-0.15, -0.1) is 0 Å². The van der Waals surface area contributed by atoms with Crippen molar-refractivity contribution in [3.8, 4) is 0 Å². The summed E-state index contributed by atoms with van der Waals surface area (Å²) in [6.07, 6.45) is 3.04. The summed E-state index contributed by atoms with van der Waals surface area (Å²) in [5.41, 5.74) is 0.326. The molecule has 1 aromatic carbocycles. The SMILES string of the molecule is CC(C)N(C)S(=O)(=O)c1cccc(C(=O)N[C@@H]2CCc3ncnn3C2)c1. The van der Waals surface area contributed by atoms with E-state index in [0.29, 0.717) is 12.1 Å². The maximum Gasteiger partial charge on any atom is 0.251 e. The number of fused-ring (bicyclic) bond motifs is 1. The summed E-state index contributed by atoms with van der Waals surface area (Å²) < 4.78 is 28.3. The highest BCUT2D eigenvalue weighted by Gasteiger charge is 2.25. The lowest BCUT2D eigenvalue weighted by atomic mass is 10.1. The lowest BCUT2D eigenvalue weighted by Crippen LogP contribution is -2.41. The maximum absolute atomic E-state index is 12.6. The minimum atomic E-state index is -3.63. The number of amides is 1. The van der Waals surface area contributed by atoms with Crippen molar-refractivity contribution in [2.45, 2.75) is 50.2 Å². The highest BCUT2D eigenvalue weighted by molar-refractivity contribution is 7.89. The molecule has 9 heteroatoms. The molecule has 0 bridgehead atoms. The average molecular weight is 377 g/mol. The molecule has 2 heterocycles. The van der Waals surface area contributed by atoms with E-state index in [4.69, 9.17) is 0 Å². The van der Waals surface area contributed by atoms with Gasteiger partial charge in [-0.3, -0.25) is 4.79 Å². The number of carbonyl (C=O) groups is 1. The number of hydrogen-bond acceptors (Lipinski definition) is 5. The molecule has 8 nitrogen and oxygen atoms in total. The Morgan fingerprint density at radius 2 is 2.15 bits per heavy atom. The quantitative estimate of drug-likeness (QED) is 0.840. The first kappa shape index (κ1) is 18.5. The van der Waals surface area contributed by atoms with Crippen LogP contribution >= 0.6 is 0 Å². The third-order valence-corrected chi connectivity index (χ3v) is 6.67. The predicted molar refractivity (Wildman–Crippen MR) is 96.1 cm³/mol. The van der Waals surface area contributed by atoms with E-state index in [1.807, 2.05) is 0 Å². The molecule has 3 rings (SSSR count). The van der Waals surface area contributed by atoms with Crippen molar-refractivity contribution in [3.05, 3.63) is 42.0 Å². The van der Waals surface area contributed by atoms with E-state index >= 15 is 0 Å². The molecule has 1 N–H and O–H groups in total. The summed E-state index contributed by atoms with van der Waals surface area (Å²) >= 11 is 0. The fourth-order valence-corrected chi connectivity index (χ4v) is 4.28. The summed E-state index contributed by atoms with van der Waals surface area (Å²) in [5.74, 6) is 0.628. The van der Waals surface area contributed by atoms with Crippen LogP contribution in [0.4, 0.5) is 0 Å². The van der Waals surface area contributed by atoms with E-state index in [2.05, 4.69) is 15.4 Å². The molecule has 1 aromatic heterocycles. The zero-order valence-corrected chi connectivity index (χ0v) is 15.9. The maximum atomic E-state index is 12.6. The molecule has 0 spiro atoms. The van der Waals surface area contributed by atoms with Crippen LogP contribution in [-0.4, -0.2) is 52.5 Å². The molecule has 1 aliphatic heterocycles. The van der Waals surface area contributed by atoms with Gasteiger partial charge in [-0.05, 0) is 38.5 Å². The zero-order chi connectivity index (χ0) is 18.9. The predicted octanol–water partition coefficient (Wildman–Crippen LogP) is 1.05. The van der Waals surface area contributed by atoms with Crippen LogP contribution in [0.2, 0.25) is 0 Å². The van der Waals surface area contributed by atoms with Gasteiger partial charge in [-0.25, -0.2) is 18.1 Å². The first-order valence-corrected chi connectivity index (χ1v) is 9.98. The van der Waals surface area contributed by atoms with Crippen LogP contribution in [-0.2, 0) is 23.0 Å². The van der Waals surface area contributed by atoms with Gasteiger partial charge < -0.3 is 5.32 Å². The van der Waals surface area contributed by atoms with Crippen LogP contribution in [0.3, 0.4) is 0 Å². The molecule has 0 saturated carbocycles. The molecular formula is C17H23N5O3S. The van der Waals surface area contributed by atoms with Gasteiger partial charge in [-0.2, -0.15) is 9.40 Å². The van der Waals surface area contributed by atoms with Crippen LogP contribution in [0.15, 0.2) is 35.5 Å². The monoisotopic (exact) mass is 377 g/mol. The van der Waals surface area contributed by atoms with E-state index in [1.54, 1.807) is 30.7 Å². The number of aryl methyl sites for hydroxylation is 1. The topological polar surface area (TPSA) is 97.2 Å². The van der Waals surface area contributed by atoms with E-state index < -0.39 is 10.0 Å². The van der Waals surface area contributed by atoms with Crippen LogP contribution in [0.25, 0.3) is 0 Å². The third kappa shape index (κ3) is 3.63. The molecule has 140 valence electrons. The molecule has 1 amide bonds. The fourth-order valence-electron chi connectivity index (χ4n) is 2.87. The molecule has 26 heavy (non-hydrogen) atoms. The van der Waals surface area contributed by atoms with E-state index in [9.17, 15) is 13.2 Å². The number of hydrogen-bond donors (Lipinski definition) is 1. The second kappa shape index (κ2) is 7.16. The normalized spacial score (nSPS) is 17.3. The van der Waals surface area contributed by atoms with Gasteiger partial charge in [-0.1, -0.05) is 6.07 Å². The van der Waals surface area contributed by atoms with Crippen molar-refractivity contribution in [2.24, 2.45) is 0 Å². The number of rotatable bonds is 5.